The van der Waals surface area contributed by atoms with Gasteiger partial charge in [-0.2, -0.15) is 0 Å². The number of benzene rings is 1. The molecule has 0 unspecified atom stereocenters. The molecule has 0 fully saturated rings. The molecule has 6 nitrogen and oxygen atoms in total. The topological polar surface area (TPSA) is 120 Å². The van der Waals surface area contributed by atoms with Crippen LogP contribution >= 0.6 is 0 Å². The fourth-order valence-electron chi connectivity index (χ4n) is 1.13. The molecule has 0 aliphatic carbocycles. The maximum absolute atomic E-state index is 9.35. The van der Waals surface area contributed by atoms with E-state index >= 15 is 0 Å². The van der Waals surface area contributed by atoms with Gasteiger partial charge in [0, 0.05) is 17.3 Å². The van der Waals surface area contributed by atoms with E-state index in [9.17, 15) is 4.79 Å². The molecule has 2 amide bonds. The lowest BCUT2D eigenvalue weighted by Gasteiger charge is -1.97. The Morgan fingerprint density at radius 3 is 2.50 bits per heavy atom. The summed E-state index contributed by atoms with van der Waals surface area (Å²) in [4.78, 5) is 13.5. The molecule has 0 saturated heterocycles. The first-order valence-corrected chi connectivity index (χ1v) is 4.50. The maximum Gasteiger partial charge on any atom is 0.326 e. The number of aromatic nitrogens is 1. The molecule has 1 aromatic heterocycles. The molecule has 7 N–H and O–H groups in total. The number of urea groups is 1. The third kappa shape index (κ3) is 3.10. The minimum Gasteiger partial charge on any atom is -0.398 e. The molecule has 6 heteroatoms. The van der Waals surface area contributed by atoms with E-state index in [0.717, 1.165) is 16.6 Å². The van der Waals surface area contributed by atoms with Gasteiger partial charge < -0.3 is 11.5 Å². The van der Waals surface area contributed by atoms with Crippen molar-refractivity contribution in [2.75, 3.05) is 5.73 Å². The number of hydrogen-bond acceptors (Lipinski definition) is 4. The van der Waals surface area contributed by atoms with Gasteiger partial charge in [0.2, 0.25) is 0 Å². The smallest absolute Gasteiger partial charge is 0.326 e. The lowest BCUT2D eigenvalue weighted by Crippen LogP contribution is -2.34. The van der Waals surface area contributed by atoms with Crippen molar-refractivity contribution in [3.63, 3.8) is 0 Å². The van der Waals surface area contributed by atoms with Crippen molar-refractivity contribution < 1.29 is 4.79 Å². The zero-order valence-electron chi connectivity index (χ0n) is 8.55. The summed E-state index contributed by atoms with van der Waals surface area (Å²) in [5.41, 5.74) is 13.5. The second kappa shape index (κ2) is 5.52. The van der Waals surface area contributed by atoms with Crippen molar-refractivity contribution in [2.24, 2.45) is 11.6 Å². The van der Waals surface area contributed by atoms with E-state index in [4.69, 9.17) is 5.73 Å². The third-order valence-electron chi connectivity index (χ3n) is 1.82. The Kier molecular flexibility index (Phi) is 4.05. The Hall–Kier alpha value is -2.34. The molecule has 0 saturated carbocycles. The van der Waals surface area contributed by atoms with Crippen LogP contribution in [0.5, 0.6) is 0 Å². The number of carbonyl (C=O) groups excluding carboxylic acids is 1. The Labute approximate surface area is 92.4 Å². The number of hydrazine groups is 1. The summed E-state index contributed by atoms with van der Waals surface area (Å²) in [6, 6.07) is 8.88. The second-order valence-corrected chi connectivity index (χ2v) is 2.93. The number of nitrogen functional groups attached to an aromatic ring is 1. The first kappa shape index (κ1) is 11.7. The highest BCUT2D eigenvalue weighted by Gasteiger charge is 1.94. The van der Waals surface area contributed by atoms with Gasteiger partial charge in [-0.25, -0.2) is 10.6 Å². The summed E-state index contributed by atoms with van der Waals surface area (Å²) >= 11 is 0. The van der Waals surface area contributed by atoms with Gasteiger partial charge in [-0.1, -0.05) is 6.07 Å². The minimum atomic E-state index is -0.718. The van der Waals surface area contributed by atoms with E-state index in [2.05, 4.69) is 16.6 Å². The number of pyridine rings is 1. The summed E-state index contributed by atoms with van der Waals surface area (Å²) in [5, 5.41) is 1.02. The Balaban J connectivity index is 0.000000221. The van der Waals surface area contributed by atoms with Crippen molar-refractivity contribution in [3.05, 3.63) is 36.5 Å². The number of nitrogens with zero attached hydrogens (tertiary/aromatic N) is 1. The van der Waals surface area contributed by atoms with E-state index in [1.165, 1.54) is 0 Å². The van der Waals surface area contributed by atoms with Crippen LogP contribution in [-0.2, 0) is 0 Å². The highest BCUT2D eigenvalue weighted by molar-refractivity contribution is 5.89. The van der Waals surface area contributed by atoms with Crippen LogP contribution in [0.1, 0.15) is 0 Å². The zero-order chi connectivity index (χ0) is 12.0. The van der Waals surface area contributed by atoms with Gasteiger partial charge in [0.05, 0.1) is 5.52 Å². The van der Waals surface area contributed by atoms with Crippen LogP contribution in [0.3, 0.4) is 0 Å². The number of hydrogen-bond donors (Lipinski definition) is 4. The largest absolute Gasteiger partial charge is 0.398 e. The average molecular weight is 219 g/mol. The van der Waals surface area contributed by atoms with Crippen LogP contribution in [-0.4, -0.2) is 11.0 Å². The number of nitrogens with one attached hydrogen (secondary N) is 1. The predicted molar refractivity (Wildman–Crippen MR) is 63.1 cm³/mol. The van der Waals surface area contributed by atoms with Crippen LogP contribution < -0.4 is 22.7 Å². The Morgan fingerprint density at radius 2 is 1.94 bits per heavy atom. The summed E-state index contributed by atoms with van der Waals surface area (Å²) in [6.07, 6.45) is 1.77. The molecule has 1 heterocycles. The zero-order valence-corrected chi connectivity index (χ0v) is 8.55. The highest BCUT2D eigenvalue weighted by Crippen LogP contribution is 2.17. The van der Waals surface area contributed by atoms with Gasteiger partial charge in [0.25, 0.3) is 0 Å². The van der Waals surface area contributed by atoms with Crippen molar-refractivity contribution in [1.29, 1.82) is 0 Å². The Morgan fingerprint density at radius 1 is 1.25 bits per heavy atom. The van der Waals surface area contributed by atoms with Gasteiger partial charge in [-0.3, -0.25) is 10.4 Å². The quantitative estimate of drug-likeness (QED) is 0.221. The average Bonchev–Trinajstić information content (AvgIpc) is 2.30. The minimum absolute atomic E-state index is 0.718. The number of rotatable bonds is 0. The van der Waals surface area contributed by atoms with E-state index in [0.29, 0.717) is 0 Å². The standard InChI is InChI=1S/C9H8N2.CH5N3O/c10-8-4-1-5-9-7(8)3-2-6-11-9;2-1(5)4-3/h1-6H,10H2;3H2,(H3,2,4,5). The second-order valence-electron chi connectivity index (χ2n) is 2.93. The molecule has 16 heavy (non-hydrogen) atoms. The first-order chi connectivity index (χ1) is 7.65. The summed E-state index contributed by atoms with van der Waals surface area (Å²) in [7, 11) is 0. The number of primary amides is 1. The van der Waals surface area contributed by atoms with Crippen LogP contribution in [0, 0.1) is 0 Å². The van der Waals surface area contributed by atoms with E-state index < -0.39 is 6.03 Å². The number of anilines is 1. The number of carbonyl (C=O) groups is 1. The van der Waals surface area contributed by atoms with E-state index in [1.54, 1.807) is 11.6 Å². The summed E-state index contributed by atoms with van der Waals surface area (Å²) in [6.45, 7) is 0. The number of fused-ring (bicyclic) bond motifs is 1. The summed E-state index contributed by atoms with van der Waals surface area (Å²) < 4.78 is 0. The van der Waals surface area contributed by atoms with Crippen LogP contribution in [0.4, 0.5) is 10.5 Å². The van der Waals surface area contributed by atoms with Crippen molar-refractivity contribution in [2.45, 2.75) is 0 Å². The van der Waals surface area contributed by atoms with Gasteiger partial charge in [-0.05, 0) is 24.3 Å². The lowest BCUT2D eigenvalue weighted by atomic mass is 10.2. The molecule has 0 spiro atoms. The van der Waals surface area contributed by atoms with Gasteiger partial charge in [0.1, 0.15) is 0 Å². The molecule has 2 aromatic rings. The third-order valence-corrected chi connectivity index (χ3v) is 1.82. The first-order valence-electron chi connectivity index (χ1n) is 4.50. The van der Waals surface area contributed by atoms with E-state index in [-0.39, 0.29) is 0 Å². The van der Waals surface area contributed by atoms with Crippen molar-refractivity contribution in [1.82, 2.24) is 10.4 Å². The molecular formula is C10H13N5O. The predicted octanol–water partition coefficient (Wildman–Crippen LogP) is 0.345. The molecule has 0 aliphatic rings. The van der Waals surface area contributed by atoms with Gasteiger partial charge in [-0.15, -0.1) is 0 Å². The molecule has 2 rings (SSSR count). The molecule has 1 aromatic carbocycles. The van der Waals surface area contributed by atoms with Crippen LogP contribution in [0.15, 0.2) is 36.5 Å². The molecular weight excluding hydrogens is 206 g/mol. The molecule has 0 atom stereocenters. The molecule has 84 valence electrons. The lowest BCUT2D eigenvalue weighted by molar-refractivity contribution is 0.249. The molecule has 0 aliphatic heterocycles. The fourth-order valence-corrected chi connectivity index (χ4v) is 1.13. The van der Waals surface area contributed by atoms with E-state index in [1.807, 2.05) is 30.3 Å². The Bertz CT molecular complexity index is 480. The normalized spacial score (nSPS) is 9.06. The molecule has 0 bridgehead atoms. The van der Waals surface area contributed by atoms with Crippen molar-refractivity contribution in [3.8, 4) is 0 Å². The van der Waals surface area contributed by atoms with Crippen LogP contribution in [0.25, 0.3) is 10.9 Å². The highest BCUT2D eigenvalue weighted by atomic mass is 16.2. The SMILES string of the molecule is NNC(N)=O.Nc1cccc2ncccc12. The van der Waals surface area contributed by atoms with Crippen LogP contribution in [0.2, 0.25) is 0 Å². The number of amides is 2. The fraction of sp³-hybridized carbons (Fsp3) is 0. The maximum atomic E-state index is 9.35. The van der Waals surface area contributed by atoms with Gasteiger partial charge in [0.15, 0.2) is 0 Å². The number of nitrogens with two attached hydrogens (primary N) is 3. The monoisotopic (exact) mass is 219 g/mol. The molecule has 0 radical (unpaired) electrons. The summed E-state index contributed by atoms with van der Waals surface area (Å²) in [5.74, 6) is 4.45. The van der Waals surface area contributed by atoms with Gasteiger partial charge >= 0.3 is 6.03 Å². The van der Waals surface area contributed by atoms with Crippen molar-refractivity contribution >= 4 is 22.6 Å².